The van der Waals surface area contributed by atoms with Crippen LogP contribution in [0.3, 0.4) is 0 Å². The van der Waals surface area contributed by atoms with Gasteiger partial charge in [-0.25, -0.2) is 0 Å². The van der Waals surface area contributed by atoms with Crippen LogP contribution in [-0.2, 0) is 0 Å². The lowest BCUT2D eigenvalue weighted by molar-refractivity contribution is 1.12. The third-order valence-electron chi connectivity index (χ3n) is 2.81. The molecular weight excluding hydrogens is 502 g/mol. The fourth-order valence-electron chi connectivity index (χ4n) is 1.82. The maximum atomic E-state index is 3.91. The van der Waals surface area contributed by atoms with Crippen molar-refractivity contribution in [3.05, 3.63) is 55.9 Å². The standard InChI is InChI=1S/2C7H5IN2.C2H6/c2*8-6-2-1-5-4-9-10-7(5)3-6;1-2/h2*1-4H,(H,9,10);1-2H3. The van der Waals surface area contributed by atoms with Crippen LogP contribution in [0.5, 0.6) is 0 Å². The van der Waals surface area contributed by atoms with Crippen molar-refractivity contribution >= 4 is 67.0 Å². The van der Waals surface area contributed by atoms with E-state index in [2.05, 4.69) is 102 Å². The second-order valence-corrected chi connectivity index (χ2v) is 6.69. The van der Waals surface area contributed by atoms with Crippen LogP contribution < -0.4 is 0 Å². The summed E-state index contributed by atoms with van der Waals surface area (Å²) in [4.78, 5) is 0. The number of halogens is 2. The number of aromatic amines is 2. The van der Waals surface area contributed by atoms with Gasteiger partial charge in [0.1, 0.15) is 0 Å². The molecule has 4 nitrogen and oxygen atoms in total. The zero-order chi connectivity index (χ0) is 15.9. The van der Waals surface area contributed by atoms with Gasteiger partial charge >= 0.3 is 0 Å². The summed E-state index contributed by atoms with van der Waals surface area (Å²) in [7, 11) is 0. The van der Waals surface area contributed by atoms with E-state index in [-0.39, 0.29) is 0 Å². The highest BCUT2D eigenvalue weighted by atomic mass is 127. The van der Waals surface area contributed by atoms with Gasteiger partial charge in [-0.2, -0.15) is 10.2 Å². The van der Waals surface area contributed by atoms with Crippen LogP contribution in [0.25, 0.3) is 21.8 Å². The lowest BCUT2D eigenvalue weighted by Crippen LogP contribution is -1.70. The summed E-state index contributed by atoms with van der Waals surface area (Å²) in [6, 6.07) is 12.4. The third-order valence-corrected chi connectivity index (χ3v) is 4.15. The number of aromatic nitrogens is 4. The Bertz CT molecular complexity index is 779. The molecule has 2 N–H and O–H groups in total. The number of hydrogen-bond acceptors (Lipinski definition) is 2. The molecule has 2 heterocycles. The highest BCUT2D eigenvalue weighted by molar-refractivity contribution is 14.1. The molecule has 2 aromatic carbocycles. The first-order chi connectivity index (χ1) is 10.7. The van der Waals surface area contributed by atoms with Crippen LogP contribution in [0.2, 0.25) is 0 Å². The topological polar surface area (TPSA) is 57.4 Å². The quantitative estimate of drug-likeness (QED) is 0.308. The van der Waals surface area contributed by atoms with Gasteiger partial charge in [0, 0.05) is 17.9 Å². The lowest BCUT2D eigenvalue weighted by atomic mass is 10.3. The summed E-state index contributed by atoms with van der Waals surface area (Å²) in [6.45, 7) is 4.00. The number of H-pyrrole nitrogens is 2. The van der Waals surface area contributed by atoms with Crippen molar-refractivity contribution in [2.45, 2.75) is 13.8 Å². The largest absolute Gasteiger partial charge is 0.278 e. The third kappa shape index (κ3) is 4.42. The average molecular weight is 518 g/mol. The van der Waals surface area contributed by atoms with Crippen molar-refractivity contribution in [2.24, 2.45) is 0 Å². The molecule has 0 unspecified atom stereocenters. The molecule has 0 atom stereocenters. The van der Waals surface area contributed by atoms with Crippen molar-refractivity contribution in [3.8, 4) is 0 Å². The van der Waals surface area contributed by atoms with E-state index in [1.54, 1.807) is 0 Å². The molecule has 0 amide bonds. The Hall–Kier alpha value is -1.16. The van der Waals surface area contributed by atoms with Gasteiger partial charge in [-0.1, -0.05) is 26.0 Å². The van der Waals surface area contributed by atoms with Gasteiger partial charge in [0.15, 0.2) is 0 Å². The highest BCUT2D eigenvalue weighted by Gasteiger charge is 1.94. The summed E-state index contributed by atoms with van der Waals surface area (Å²) in [5.74, 6) is 0. The molecule has 0 saturated carbocycles. The Morgan fingerprint density at radius 2 is 1.14 bits per heavy atom. The van der Waals surface area contributed by atoms with E-state index in [9.17, 15) is 0 Å². The van der Waals surface area contributed by atoms with Crippen LogP contribution in [-0.4, -0.2) is 20.4 Å². The smallest absolute Gasteiger partial charge is 0.0660 e. The number of benzene rings is 2. The fourth-order valence-corrected chi connectivity index (χ4v) is 2.80. The molecule has 0 saturated heterocycles. The van der Waals surface area contributed by atoms with Gasteiger partial charge in [-0.3, -0.25) is 10.2 Å². The molecule has 0 fully saturated rings. The first-order valence-electron chi connectivity index (χ1n) is 6.89. The normalized spacial score (nSPS) is 9.82. The second-order valence-electron chi connectivity index (χ2n) is 4.20. The summed E-state index contributed by atoms with van der Waals surface area (Å²) < 4.78 is 2.46. The maximum Gasteiger partial charge on any atom is 0.0660 e. The van der Waals surface area contributed by atoms with Crippen LogP contribution in [0.1, 0.15) is 13.8 Å². The molecule has 6 heteroatoms. The van der Waals surface area contributed by atoms with Crippen LogP contribution in [0, 0.1) is 7.14 Å². The first-order valence-corrected chi connectivity index (χ1v) is 9.05. The molecule has 2 aromatic heterocycles. The zero-order valence-corrected chi connectivity index (χ0v) is 16.6. The minimum atomic E-state index is 1.10. The van der Waals surface area contributed by atoms with Gasteiger partial charge in [0.25, 0.3) is 0 Å². The molecule has 22 heavy (non-hydrogen) atoms. The van der Waals surface area contributed by atoms with Gasteiger partial charge in [-0.15, -0.1) is 0 Å². The molecule has 4 rings (SSSR count). The number of hydrogen-bond donors (Lipinski definition) is 2. The van der Waals surface area contributed by atoms with Gasteiger partial charge < -0.3 is 0 Å². The Morgan fingerprint density at radius 1 is 0.727 bits per heavy atom. The Kier molecular flexibility index (Phi) is 6.62. The predicted octanol–water partition coefficient (Wildman–Crippen LogP) is 5.36. The van der Waals surface area contributed by atoms with Crippen LogP contribution in [0.4, 0.5) is 0 Å². The van der Waals surface area contributed by atoms with E-state index >= 15 is 0 Å². The molecular formula is C16H16I2N4. The molecule has 0 aliphatic carbocycles. The van der Waals surface area contributed by atoms with E-state index in [0.29, 0.717) is 0 Å². The number of fused-ring (bicyclic) bond motifs is 2. The summed E-state index contributed by atoms with van der Waals surface area (Å²) >= 11 is 4.56. The molecule has 4 aromatic rings. The maximum absolute atomic E-state index is 3.91. The summed E-state index contributed by atoms with van der Waals surface area (Å²) in [6.07, 6.45) is 3.65. The van der Waals surface area contributed by atoms with Gasteiger partial charge in [0.2, 0.25) is 0 Å². The molecule has 114 valence electrons. The van der Waals surface area contributed by atoms with Crippen molar-refractivity contribution < 1.29 is 0 Å². The van der Waals surface area contributed by atoms with Crippen LogP contribution >= 0.6 is 45.2 Å². The molecule has 0 aliphatic rings. The number of rotatable bonds is 0. The SMILES string of the molecule is CC.Ic1ccc2cn[nH]c2c1.Ic1ccc2cn[nH]c2c1. The molecule has 0 aliphatic heterocycles. The van der Waals surface area contributed by atoms with Gasteiger partial charge in [-0.05, 0) is 69.4 Å². The Morgan fingerprint density at radius 3 is 1.55 bits per heavy atom. The Labute approximate surface area is 156 Å². The van der Waals surface area contributed by atoms with Crippen LogP contribution in [0.15, 0.2) is 48.8 Å². The minimum Gasteiger partial charge on any atom is -0.278 e. The van der Waals surface area contributed by atoms with Crippen molar-refractivity contribution in [1.82, 2.24) is 20.4 Å². The number of nitrogens with zero attached hydrogens (tertiary/aromatic N) is 2. The first kappa shape index (κ1) is 17.2. The summed E-state index contributed by atoms with van der Waals surface area (Å²) in [5.41, 5.74) is 2.21. The molecule has 0 radical (unpaired) electrons. The van der Waals surface area contributed by atoms with Crippen molar-refractivity contribution in [2.75, 3.05) is 0 Å². The Balaban J connectivity index is 0.000000144. The monoisotopic (exact) mass is 518 g/mol. The average Bonchev–Trinajstić information content (AvgIpc) is 3.17. The van der Waals surface area contributed by atoms with E-state index in [4.69, 9.17) is 0 Å². The number of nitrogens with one attached hydrogen (secondary N) is 2. The van der Waals surface area contributed by atoms with E-state index in [1.807, 2.05) is 26.2 Å². The minimum absolute atomic E-state index is 1.10. The molecule has 0 spiro atoms. The van der Waals surface area contributed by atoms with E-state index < -0.39 is 0 Å². The highest BCUT2D eigenvalue weighted by Crippen LogP contribution is 2.14. The van der Waals surface area contributed by atoms with Gasteiger partial charge in [0.05, 0.1) is 23.4 Å². The fraction of sp³-hybridized carbons (Fsp3) is 0.125. The van der Waals surface area contributed by atoms with Crippen molar-refractivity contribution in [3.63, 3.8) is 0 Å². The summed E-state index contributed by atoms with van der Waals surface area (Å²) in [5, 5.41) is 16.0. The zero-order valence-electron chi connectivity index (χ0n) is 12.3. The lowest BCUT2D eigenvalue weighted by Gasteiger charge is -1.87. The van der Waals surface area contributed by atoms with Crippen molar-refractivity contribution in [1.29, 1.82) is 0 Å². The predicted molar refractivity (Wildman–Crippen MR) is 109 cm³/mol. The second kappa shape index (κ2) is 8.47. The van der Waals surface area contributed by atoms with E-state index in [1.165, 1.54) is 17.9 Å². The molecule has 0 bridgehead atoms. The van der Waals surface area contributed by atoms with E-state index in [0.717, 1.165) is 11.0 Å².